The van der Waals surface area contributed by atoms with Crippen LogP contribution in [0.5, 0.6) is 0 Å². The molecule has 134 valence electrons. The van der Waals surface area contributed by atoms with Gasteiger partial charge in [-0.3, -0.25) is 9.36 Å². The standard InChI is InChI=1S/C19H26N4O2/c24-18(13-20-12-14-4-3-5-14)22-10-8-15(9-11-22)23-17-7-2-1-6-16(17)21-19(23)25/h1-2,6-7,14-15,20H,3-5,8-13H2,(H,21,25). The molecule has 1 aliphatic heterocycles. The monoisotopic (exact) mass is 342 g/mol. The van der Waals surface area contributed by atoms with Gasteiger partial charge in [-0.25, -0.2) is 4.79 Å². The highest BCUT2D eigenvalue weighted by atomic mass is 16.2. The van der Waals surface area contributed by atoms with Crippen LogP contribution in [0.2, 0.25) is 0 Å². The quantitative estimate of drug-likeness (QED) is 0.872. The van der Waals surface area contributed by atoms with E-state index in [2.05, 4.69) is 10.3 Å². The second-order valence-electron chi connectivity index (χ2n) is 7.36. The van der Waals surface area contributed by atoms with Gasteiger partial charge < -0.3 is 15.2 Å². The minimum Gasteiger partial charge on any atom is -0.341 e. The number of imidazole rings is 1. The Hall–Kier alpha value is -2.08. The molecule has 2 N–H and O–H groups in total. The average molecular weight is 342 g/mol. The van der Waals surface area contributed by atoms with Crippen LogP contribution in [0.15, 0.2) is 29.1 Å². The second kappa shape index (κ2) is 7.04. The molecule has 1 amide bonds. The molecule has 6 heteroatoms. The molecule has 1 saturated heterocycles. The Bertz CT molecular complexity index is 797. The van der Waals surface area contributed by atoms with E-state index >= 15 is 0 Å². The van der Waals surface area contributed by atoms with Crippen LogP contribution in [0.1, 0.15) is 38.1 Å². The number of carbonyl (C=O) groups excluding carboxylic acids is 1. The van der Waals surface area contributed by atoms with Crippen LogP contribution >= 0.6 is 0 Å². The van der Waals surface area contributed by atoms with Crippen molar-refractivity contribution < 1.29 is 4.79 Å². The lowest BCUT2D eigenvalue weighted by molar-refractivity contribution is -0.131. The maximum Gasteiger partial charge on any atom is 0.326 e. The van der Waals surface area contributed by atoms with E-state index in [4.69, 9.17) is 0 Å². The Morgan fingerprint density at radius 1 is 1.16 bits per heavy atom. The second-order valence-corrected chi connectivity index (χ2v) is 7.36. The summed E-state index contributed by atoms with van der Waals surface area (Å²) in [5.41, 5.74) is 1.79. The van der Waals surface area contributed by atoms with E-state index in [1.165, 1.54) is 19.3 Å². The highest BCUT2D eigenvalue weighted by Crippen LogP contribution is 2.26. The van der Waals surface area contributed by atoms with Gasteiger partial charge in [0.25, 0.3) is 0 Å². The summed E-state index contributed by atoms with van der Waals surface area (Å²) in [4.78, 5) is 29.5. The van der Waals surface area contributed by atoms with Crippen LogP contribution in [-0.2, 0) is 4.79 Å². The van der Waals surface area contributed by atoms with Crippen molar-refractivity contribution in [2.45, 2.75) is 38.1 Å². The highest BCUT2D eigenvalue weighted by molar-refractivity contribution is 5.78. The molecule has 0 spiro atoms. The maximum atomic E-state index is 12.3. The Morgan fingerprint density at radius 2 is 1.92 bits per heavy atom. The van der Waals surface area contributed by atoms with Crippen LogP contribution in [0.25, 0.3) is 11.0 Å². The van der Waals surface area contributed by atoms with Gasteiger partial charge in [-0.15, -0.1) is 0 Å². The van der Waals surface area contributed by atoms with Crippen LogP contribution in [-0.4, -0.2) is 46.5 Å². The van der Waals surface area contributed by atoms with Crippen molar-refractivity contribution in [3.8, 4) is 0 Å². The van der Waals surface area contributed by atoms with Crippen molar-refractivity contribution in [1.82, 2.24) is 19.8 Å². The van der Waals surface area contributed by atoms with Gasteiger partial charge in [0.05, 0.1) is 17.6 Å². The maximum absolute atomic E-state index is 12.3. The topological polar surface area (TPSA) is 70.1 Å². The average Bonchev–Trinajstić information content (AvgIpc) is 2.93. The molecule has 2 fully saturated rings. The predicted octanol–water partition coefficient (Wildman–Crippen LogP) is 1.88. The Balaban J connectivity index is 1.33. The van der Waals surface area contributed by atoms with E-state index in [1.54, 1.807) is 0 Å². The fraction of sp³-hybridized carbons (Fsp3) is 0.579. The molecule has 1 saturated carbocycles. The van der Waals surface area contributed by atoms with Crippen LogP contribution in [0.3, 0.4) is 0 Å². The van der Waals surface area contributed by atoms with E-state index in [0.717, 1.165) is 49.4 Å². The van der Waals surface area contributed by atoms with Gasteiger partial charge in [0.2, 0.25) is 5.91 Å². The minimum atomic E-state index is -0.0480. The fourth-order valence-corrected chi connectivity index (χ4v) is 4.00. The summed E-state index contributed by atoms with van der Waals surface area (Å²) in [7, 11) is 0. The third-order valence-corrected chi connectivity index (χ3v) is 5.74. The Kier molecular flexibility index (Phi) is 4.61. The summed E-state index contributed by atoms with van der Waals surface area (Å²) in [5.74, 6) is 0.955. The number of amides is 1. The molecular weight excluding hydrogens is 316 g/mol. The molecule has 0 bridgehead atoms. The van der Waals surface area contributed by atoms with Crippen molar-refractivity contribution in [3.63, 3.8) is 0 Å². The summed E-state index contributed by atoms with van der Waals surface area (Å²) < 4.78 is 1.87. The zero-order valence-electron chi connectivity index (χ0n) is 14.5. The van der Waals surface area contributed by atoms with Crippen LogP contribution in [0, 0.1) is 5.92 Å². The zero-order valence-corrected chi connectivity index (χ0v) is 14.5. The molecule has 1 aromatic heterocycles. The third-order valence-electron chi connectivity index (χ3n) is 5.74. The van der Waals surface area contributed by atoms with Gasteiger partial charge in [0.15, 0.2) is 0 Å². The number of aromatic amines is 1. The van der Waals surface area contributed by atoms with E-state index in [1.807, 2.05) is 33.7 Å². The SMILES string of the molecule is O=C(CNCC1CCC1)N1CCC(n2c(=O)[nH]c3ccccc32)CC1. The number of hydrogen-bond donors (Lipinski definition) is 2. The van der Waals surface area contributed by atoms with E-state index in [-0.39, 0.29) is 17.6 Å². The number of aromatic nitrogens is 2. The number of nitrogens with zero attached hydrogens (tertiary/aromatic N) is 2. The molecule has 4 rings (SSSR count). The first-order valence-corrected chi connectivity index (χ1v) is 9.40. The number of benzene rings is 1. The number of likely N-dealkylation sites (tertiary alicyclic amines) is 1. The first-order chi connectivity index (χ1) is 12.2. The van der Waals surface area contributed by atoms with Gasteiger partial charge >= 0.3 is 5.69 Å². The van der Waals surface area contributed by atoms with E-state index in [0.29, 0.717) is 6.54 Å². The number of H-pyrrole nitrogens is 1. The van der Waals surface area contributed by atoms with E-state index in [9.17, 15) is 9.59 Å². The lowest BCUT2D eigenvalue weighted by Gasteiger charge is -2.33. The van der Waals surface area contributed by atoms with Gasteiger partial charge in [-0.05, 0) is 50.3 Å². The molecule has 1 aromatic carbocycles. The molecule has 2 aliphatic rings. The first kappa shape index (κ1) is 16.4. The number of nitrogens with one attached hydrogen (secondary N) is 2. The van der Waals surface area contributed by atoms with Gasteiger partial charge in [0.1, 0.15) is 0 Å². The lowest BCUT2D eigenvalue weighted by Crippen LogP contribution is -2.44. The molecule has 0 atom stereocenters. The predicted molar refractivity (Wildman–Crippen MR) is 97.6 cm³/mol. The smallest absolute Gasteiger partial charge is 0.326 e. The van der Waals surface area contributed by atoms with Crippen LogP contribution < -0.4 is 11.0 Å². The van der Waals surface area contributed by atoms with E-state index < -0.39 is 0 Å². The molecule has 2 aromatic rings. The number of piperidine rings is 1. The molecule has 25 heavy (non-hydrogen) atoms. The van der Waals surface area contributed by atoms with Crippen molar-refractivity contribution in [2.24, 2.45) is 5.92 Å². The number of para-hydroxylation sites is 2. The normalized spacial score (nSPS) is 19.3. The molecule has 0 radical (unpaired) electrons. The first-order valence-electron chi connectivity index (χ1n) is 9.40. The summed E-state index contributed by atoms with van der Waals surface area (Å²) in [5, 5.41) is 3.31. The lowest BCUT2D eigenvalue weighted by atomic mass is 9.85. The number of fused-ring (bicyclic) bond motifs is 1. The summed E-state index contributed by atoms with van der Waals surface area (Å²) in [6, 6.07) is 7.96. The van der Waals surface area contributed by atoms with Crippen molar-refractivity contribution >= 4 is 16.9 Å². The van der Waals surface area contributed by atoms with Gasteiger partial charge in [0, 0.05) is 19.1 Å². The minimum absolute atomic E-state index is 0.0480. The van der Waals surface area contributed by atoms with Crippen molar-refractivity contribution in [2.75, 3.05) is 26.2 Å². The van der Waals surface area contributed by atoms with Crippen LogP contribution in [0.4, 0.5) is 0 Å². The van der Waals surface area contributed by atoms with Gasteiger partial charge in [-0.1, -0.05) is 18.6 Å². The summed E-state index contributed by atoms with van der Waals surface area (Å²) in [6.45, 7) is 2.85. The number of hydrogen-bond acceptors (Lipinski definition) is 3. The highest BCUT2D eigenvalue weighted by Gasteiger charge is 2.26. The number of rotatable bonds is 5. The third kappa shape index (κ3) is 3.35. The largest absolute Gasteiger partial charge is 0.341 e. The molecule has 0 unspecified atom stereocenters. The van der Waals surface area contributed by atoms with Gasteiger partial charge in [-0.2, -0.15) is 0 Å². The molecule has 6 nitrogen and oxygen atoms in total. The van der Waals surface area contributed by atoms with Crippen molar-refractivity contribution in [3.05, 3.63) is 34.7 Å². The summed E-state index contributed by atoms with van der Waals surface area (Å²) >= 11 is 0. The summed E-state index contributed by atoms with van der Waals surface area (Å²) in [6.07, 6.45) is 5.59. The Labute approximate surface area is 147 Å². The fourth-order valence-electron chi connectivity index (χ4n) is 4.00. The molecule has 2 heterocycles. The number of carbonyl (C=O) groups is 1. The van der Waals surface area contributed by atoms with Crippen molar-refractivity contribution in [1.29, 1.82) is 0 Å². The Morgan fingerprint density at radius 3 is 2.64 bits per heavy atom. The zero-order chi connectivity index (χ0) is 17.2. The molecule has 1 aliphatic carbocycles. The molecular formula is C19H26N4O2.